The van der Waals surface area contributed by atoms with Gasteiger partial charge in [0.2, 0.25) is 5.91 Å². The quantitative estimate of drug-likeness (QED) is 0.886. The third kappa shape index (κ3) is 2.99. The minimum atomic E-state index is -0.645. The molecule has 1 N–H and O–H groups in total. The Balaban J connectivity index is 1.47. The Morgan fingerprint density at radius 3 is 2.62 bits per heavy atom. The normalized spacial score (nSPS) is 30.5. The van der Waals surface area contributed by atoms with Crippen molar-refractivity contribution in [1.29, 1.82) is 0 Å². The number of likely N-dealkylation sites (tertiary alicyclic amines) is 1. The van der Waals surface area contributed by atoms with Crippen molar-refractivity contribution in [2.75, 3.05) is 44.8 Å². The molecule has 2 aliphatic heterocycles. The van der Waals surface area contributed by atoms with E-state index < -0.39 is 5.60 Å². The molecule has 3 aliphatic rings. The van der Waals surface area contributed by atoms with Crippen molar-refractivity contribution in [2.45, 2.75) is 37.7 Å². The predicted octanol–water partition coefficient (Wildman–Crippen LogP) is 1.69. The van der Waals surface area contributed by atoms with Crippen LogP contribution in [0.25, 0.3) is 0 Å². The van der Waals surface area contributed by atoms with Crippen LogP contribution in [0.15, 0.2) is 24.5 Å². The zero-order valence-corrected chi connectivity index (χ0v) is 15.6. The Hall–Kier alpha value is -1.66. The fourth-order valence-electron chi connectivity index (χ4n) is 4.91. The molecule has 1 amide bonds. The van der Waals surface area contributed by atoms with Crippen LogP contribution in [0.4, 0.5) is 5.69 Å². The second kappa shape index (κ2) is 6.82. The minimum Gasteiger partial charge on any atom is -0.389 e. The number of pyridine rings is 1. The maximum Gasteiger partial charge on any atom is 0.231 e. The fourth-order valence-corrected chi connectivity index (χ4v) is 4.91. The highest BCUT2D eigenvalue weighted by molar-refractivity contribution is 5.84. The number of methoxy groups -OCH3 is 1. The summed E-state index contributed by atoms with van der Waals surface area (Å²) in [5.41, 5.74) is 0.179. The van der Waals surface area contributed by atoms with Crippen molar-refractivity contribution in [2.24, 2.45) is 11.3 Å². The molecule has 0 bridgehead atoms. The van der Waals surface area contributed by atoms with Crippen molar-refractivity contribution < 1.29 is 14.6 Å². The number of carbonyl (C=O) groups excluding carboxylic acids is 1. The lowest BCUT2D eigenvalue weighted by Crippen LogP contribution is -2.63. The van der Waals surface area contributed by atoms with Gasteiger partial charge in [0.15, 0.2) is 0 Å². The smallest absolute Gasteiger partial charge is 0.231 e. The van der Waals surface area contributed by atoms with E-state index in [1.54, 1.807) is 19.5 Å². The first kappa shape index (κ1) is 17.7. The van der Waals surface area contributed by atoms with Gasteiger partial charge in [-0.25, -0.2) is 0 Å². The van der Waals surface area contributed by atoms with Gasteiger partial charge < -0.3 is 19.6 Å². The van der Waals surface area contributed by atoms with Gasteiger partial charge in [-0.05, 0) is 37.8 Å². The topological polar surface area (TPSA) is 65.9 Å². The van der Waals surface area contributed by atoms with Crippen LogP contribution in [-0.4, -0.2) is 66.4 Å². The SMILES string of the molecule is COCC1(C(=O)N2CC[C@@]3(O)CCN(c4ccncc4)C[C@H]3C2)CCC1. The van der Waals surface area contributed by atoms with E-state index in [1.807, 2.05) is 17.0 Å². The van der Waals surface area contributed by atoms with Crippen LogP contribution in [0.3, 0.4) is 0 Å². The Labute approximate surface area is 155 Å². The molecule has 0 aromatic carbocycles. The number of fused-ring (bicyclic) bond motifs is 1. The van der Waals surface area contributed by atoms with E-state index in [-0.39, 0.29) is 17.2 Å². The van der Waals surface area contributed by atoms with Gasteiger partial charge in [-0.15, -0.1) is 0 Å². The molecule has 3 fully saturated rings. The summed E-state index contributed by atoms with van der Waals surface area (Å²) in [5, 5.41) is 11.1. The zero-order chi connectivity index (χ0) is 18.2. The van der Waals surface area contributed by atoms with Crippen LogP contribution in [-0.2, 0) is 9.53 Å². The number of ether oxygens (including phenoxy) is 1. The van der Waals surface area contributed by atoms with Gasteiger partial charge >= 0.3 is 0 Å². The predicted molar refractivity (Wildman–Crippen MR) is 98.9 cm³/mol. The number of nitrogens with zero attached hydrogens (tertiary/aromatic N) is 3. The maximum atomic E-state index is 13.2. The average molecular weight is 359 g/mol. The molecule has 0 unspecified atom stereocenters. The summed E-state index contributed by atoms with van der Waals surface area (Å²) in [5.74, 6) is 0.315. The number of rotatable bonds is 4. The molecule has 6 heteroatoms. The molecule has 4 rings (SSSR count). The largest absolute Gasteiger partial charge is 0.389 e. The van der Waals surface area contributed by atoms with Crippen molar-refractivity contribution in [3.8, 4) is 0 Å². The molecule has 1 saturated carbocycles. The Morgan fingerprint density at radius 2 is 1.96 bits per heavy atom. The van der Waals surface area contributed by atoms with E-state index in [2.05, 4.69) is 9.88 Å². The number of anilines is 1. The molecule has 1 aromatic heterocycles. The summed E-state index contributed by atoms with van der Waals surface area (Å²) in [6.07, 6.45) is 7.99. The molecule has 3 heterocycles. The Bertz CT molecular complexity index is 649. The van der Waals surface area contributed by atoms with Gasteiger partial charge in [0, 0.05) is 57.3 Å². The van der Waals surface area contributed by atoms with Crippen molar-refractivity contribution in [3.05, 3.63) is 24.5 Å². The van der Waals surface area contributed by atoms with E-state index in [0.717, 1.165) is 44.5 Å². The third-order valence-corrected chi connectivity index (χ3v) is 6.77. The molecule has 2 saturated heterocycles. The van der Waals surface area contributed by atoms with Crippen LogP contribution >= 0.6 is 0 Å². The highest BCUT2D eigenvalue weighted by atomic mass is 16.5. The number of carbonyl (C=O) groups is 1. The van der Waals surface area contributed by atoms with Crippen molar-refractivity contribution in [3.63, 3.8) is 0 Å². The molecular weight excluding hydrogens is 330 g/mol. The first-order chi connectivity index (χ1) is 12.6. The lowest BCUT2D eigenvalue weighted by atomic mass is 9.67. The molecule has 1 aromatic rings. The third-order valence-electron chi connectivity index (χ3n) is 6.77. The van der Waals surface area contributed by atoms with E-state index in [4.69, 9.17) is 4.74 Å². The Morgan fingerprint density at radius 1 is 1.23 bits per heavy atom. The standard InChI is InChI=1S/C20H29N3O3/c1-26-15-19(5-2-6-19)18(24)23-12-8-20(25)7-11-22(13-16(20)14-23)17-3-9-21-10-4-17/h3-4,9-10,16,25H,2,5-8,11-15H2,1H3/t16-,20-/m0/s1. The van der Waals surface area contributed by atoms with Crippen LogP contribution in [0.1, 0.15) is 32.1 Å². The molecule has 6 nitrogen and oxygen atoms in total. The summed E-state index contributed by atoms with van der Waals surface area (Å²) in [6.45, 7) is 3.44. The molecule has 0 radical (unpaired) electrons. The second-order valence-corrected chi connectivity index (χ2v) is 8.27. The highest BCUT2D eigenvalue weighted by Crippen LogP contribution is 2.45. The first-order valence-corrected chi connectivity index (χ1v) is 9.72. The number of piperidine rings is 2. The monoisotopic (exact) mass is 359 g/mol. The van der Waals surface area contributed by atoms with Crippen LogP contribution in [0.2, 0.25) is 0 Å². The number of aromatic nitrogens is 1. The van der Waals surface area contributed by atoms with Crippen LogP contribution in [0.5, 0.6) is 0 Å². The van der Waals surface area contributed by atoms with Gasteiger partial charge in [0.05, 0.1) is 17.6 Å². The summed E-state index contributed by atoms with van der Waals surface area (Å²) in [6, 6.07) is 4.02. The van der Waals surface area contributed by atoms with E-state index in [1.165, 1.54) is 0 Å². The van der Waals surface area contributed by atoms with E-state index >= 15 is 0 Å². The number of hydrogen-bond acceptors (Lipinski definition) is 5. The van der Waals surface area contributed by atoms with Crippen molar-refractivity contribution >= 4 is 11.6 Å². The lowest BCUT2D eigenvalue weighted by Gasteiger charge is -2.52. The Kier molecular flexibility index (Phi) is 4.65. The summed E-state index contributed by atoms with van der Waals surface area (Å²) in [7, 11) is 1.68. The van der Waals surface area contributed by atoms with Crippen molar-refractivity contribution in [1.82, 2.24) is 9.88 Å². The molecular formula is C20H29N3O3. The summed E-state index contributed by atoms with van der Waals surface area (Å²) >= 11 is 0. The number of aliphatic hydroxyl groups is 1. The minimum absolute atomic E-state index is 0.0850. The maximum absolute atomic E-state index is 13.2. The number of amides is 1. The van der Waals surface area contributed by atoms with Crippen LogP contribution in [0, 0.1) is 11.3 Å². The average Bonchev–Trinajstić information content (AvgIpc) is 2.64. The number of hydrogen-bond donors (Lipinski definition) is 1. The molecule has 1 aliphatic carbocycles. The second-order valence-electron chi connectivity index (χ2n) is 8.27. The van der Waals surface area contributed by atoms with Gasteiger partial charge in [0.1, 0.15) is 0 Å². The van der Waals surface area contributed by atoms with E-state index in [0.29, 0.717) is 26.1 Å². The highest BCUT2D eigenvalue weighted by Gasteiger charge is 2.51. The fraction of sp³-hybridized carbons (Fsp3) is 0.700. The first-order valence-electron chi connectivity index (χ1n) is 9.72. The van der Waals surface area contributed by atoms with Crippen LogP contribution < -0.4 is 4.90 Å². The van der Waals surface area contributed by atoms with Gasteiger partial charge in [0.25, 0.3) is 0 Å². The molecule has 26 heavy (non-hydrogen) atoms. The molecule has 142 valence electrons. The van der Waals surface area contributed by atoms with Gasteiger partial charge in [-0.1, -0.05) is 6.42 Å². The summed E-state index contributed by atoms with van der Waals surface area (Å²) in [4.78, 5) is 21.6. The molecule has 2 atom stereocenters. The zero-order valence-electron chi connectivity index (χ0n) is 15.6. The van der Waals surface area contributed by atoms with Gasteiger partial charge in [-0.2, -0.15) is 0 Å². The van der Waals surface area contributed by atoms with E-state index in [9.17, 15) is 9.90 Å². The summed E-state index contributed by atoms with van der Waals surface area (Å²) < 4.78 is 5.35. The molecule has 0 spiro atoms. The van der Waals surface area contributed by atoms with Gasteiger partial charge in [-0.3, -0.25) is 9.78 Å². The lowest BCUT2D eigenvalue weighted by molar-refractivity contribution is -0.161.